The summed E-state index contributed by atoms with van der Waals surface area (Å²) < 4.78 is 4.43. The number of nitrogens with zero attached hydrogens (tertiary/aromatic N) is 2. The molecular weight excluding hydrogens is 196 g/mol. The highest BCUT2D eigenvalue weighted by Crippen LogP contribution is 2.18. The summed E-state index contributed by atoms with van der Waals surface area (Å²) in [7, 11) is 1.28. The van der Waals surface area contributed by atoms with Gasteiger partial charge in [0.25, 0.3) is 0 Å². The number of hydrogen-bond donors (Lipinski definition) is 2. The van der Waals surface area contributed by atoms with E-state index in [9.17, 15) is 4.79 Å². The smallest absolute Gasteiger partial charge is 0.325 e. The molecule has 0 saturated carbocycles. The van der Waals surface area contributed by atoms with Crippen LogP contribution in [0.4, 0.5) is 11.5 Å². The number of nitrogen functional groups attached to an aromatic ring is 1. The van der Waals surface area contributed by atoms with Gasteiger partial charge in [0.05, 0.1) is 18.4 Å². The molecule has 0 aliphatic rings. The molecule has 1 rings (SSSR count). The molecule has 0 unspecified atom stereocenters. The van der Waals surface area contributed by atoms with E-state index in [1.54, 1.807) is 0 Å². The molecule has 0 fully saturated rings. The van der Waals surface area contributed by atoms with E-state index in [1.165, 1.54) is 19.4 Å². The molecule has 0 aromatic carbocycles. The molecule has 1 aromatic rings. The number of aromatic nitrogens is 1. The van der Waals surface area contributed by atoms with E-state index in [2.05, 4.69) is 15.0 Å². The van der Waals surface area contributed by atoms with Crippen LogP contribution in [0.1, 0.15) is 5.56 Å². The van der Waals surface area contributed by atoms with Crippen LogP contribution in [0.5, 0.6) is 0 Å². The summed E-state index contributed by atoms with van der Waals surface area (Å²) in [5.41, 5.74) is 6.16. The van der Waals surface area contributed by atoms with Gasteiger partial charge in [-0.1, -0.05) is 0 Å². The molecule has 0 aliphatic carbocycles. The zero-order valence-electron chi connectivity index (χ0n) is 8.15. The average molecular weight is 206 g/mol. The van der Waals surface area contributed by atoms with Crippen molar-refractivity contribution >= 4 is 17.5 Å². The first kappa shape index (κ1) is 10.8. The molecule has 0 aliphatic heterocycles. The van der Waals surface area contributed by atoms with Crippen LogP contribution in [0.2, 0.25) is 0 Å². The second kappa shape index (κ2) is 4.81. The van der Waals surface area contributed by atoms with Crippen LogP contribution in [0, 0.1) is 11.3 Å². The van der Waals surface area contributed by atoms with Crippen LogP contribution in [0.15, 0.2) is 12.3 Å². The van der Waals surface area contributed by atoms with Gasteiger partial charge in [0.1, 0.15) is 12.6 Å². The third-order valence-corrected chi connectivity index (χ3v) is 1.74. The van der Waals surface area contributed by atoms with Crippen molar-refractivity contribution in [3.63, 3.8) is 0 Å². The predicted molar refractivity (Wildman–Crippen MR) is 53.9 cm³/mol. The molecule has 1 aromatic heterocycles. The predicted octanol–water partition coefficient (Wildman–Crippen LogP) is 0.120. The van der Waals surface area contributed by atoms with Gasteiger partial charge in [-0.15, -0.1) is 0 Å². The van der Waals surface area contributed by atoms with Crippen LogP contribution in [-0.2, 0) is 9.53 Å². The number of esters is 1. The van der Waals surface area contributed by atoms with Crippen molar-refractivity contribution in [2.24, 2.45) is 0 Å². The molecule has 0 bridgehead atoms. The third kappa shape index (κ3) is 2.57. The number of methoxy groups -OCH3 is 1. The topological polar surface area (TPSA) is 101 Å². The van der Waals surface area contributed by atoms with Crippen molar-refractivity contribution < 1.29 is 9.53 Å². The molecule has 0 spiro atoms. The Morgan fingerprint density at radius 1 is 1.80 bits per heavy atom. The summed E-state index contributed by atoms with van der Waals surface area (Å²) in [5.74, 6) is -0.127. The van der Waals surface area contributed by atoms with Gasteiger partial charge in [-0.2, -0.15) is 5.26 Å². The second-order valence-corrected chi connectivity index (χ2v) is 2.66. The van der Waals surface area contributed by atoms with Crippen LogP contribution < -0.4 is 11.1 Å². The number of pyridine rings is 1. The third-order valence-electron chi connectivity index (χ3n) is 1.74. The molecule has 6 nitrogen and oxygen atoms in total. The summed E-state index contributed by atoms with van der Waals surface area (Å²) in [6.07, 6.45) is 1.44. The minimum atomic E-state index is -0.432. The molecule has 3 N–H and O–H groups in total. The van der Waals surface area contributed by atoms with Crippen molar-refractivity contribution in [2.45, 2.75) is 0 Å². The first-order chi connectivity index (χ1) is 7.19. The Morgan fingerprint density at radius 2 is 2.53 bits per heavy atom. The van der Waals surface area contributed by atoms with Gasteiger partial charge in [0.2, 0.25) is 0 Å². The number of nitrogens with one attached hydrogen (secondary N) is 1. The Hall–Kier alpha value is -2.29. The number of nitriles is 1. The van der Waals surface area contributed by atoms with E-state index < -0.39 is 5.97 Å². The molecule has 1 heterocycles. The standard InChI is InChI=1S/C9H10N4O2/c1-15-7(14)5-13-9-8(11)6(4-10)2-3-12-9/h2-3H,5,11H2,1H3,(H,12,13). The minimum Gasteiger partial charge on any atom is -0.468 e. The Labute approximate surface area is 86.7 Å². The number of hydrogen-bond acceptors (Lipinski definition) is 6. The van der Waals surface area contributed by atoms with Gasteiger partial charge in [0, 0.05) is 6.20 Å². The van der Waals surface area contributed by atoms with Gasteiger partial charge in [-0.05, 0) is 6.07 Å². The highest BCUT2D eigenvalue weighted by atomic mass is 16.5. The van der Waals surface area contributed by atoms with Crippen molar-refractivity contribution in [1.29, 1.82) is 5.26 Å². The maximum Gasteiger partial charge on any atom is 0.325 e. The molecule has 0 saturated heterocycles. The maximum atomic E-state index is 10.8. The zero-order chi connectivity index (χ0) is 11.3. The Bertz CT molecular complexity index is 411. The van der Waals surface area contributed by atoms with Crippen molar-refractivity contribution in [1.82, 2.24) is 4.98 Å². The van der Waals surface area contributed by atoms with Gasteiger partial charge in [-0.25, -0.2) is 4.98 Å². The minimum absolute atomic E-state index is 0.0391. The normalized spacial score (nSPS) is 9.07. The average Bonchev–Trinajstić information content (AvgIpc) is 2.27. The molecule has 78 valence electrons. The monoisotopic (exact) mass is 206 g/mol. The van der Waals surface area contributed by atoms with Crippen molar-refractivity contribution in [3.05, 3.63) is 17.8 Å². The second-order valence-electron chi connectivity index (χ2n) is 2.66. The van der Waals surface area contributed by atoms with E-state index in [0.717, 1.165) is 0 Å². The maximum absolute atomic E-state index is 10.8. The number of rotatable bonds is 3. The number of carbonyl (C=O) groups excluding carboxylic acids is 1. The SMILES string of the molecule is COC(=O)CNc1nccc(C#N)c1N. The summed E-state index contributed by atoms with van der Waals surface area (Å²) in [6, 6.07) is 3.41. The summed E-state index contributed by atoms with van der Waals surface area (Å²) in [4.78, 5) is 14.7. The molecule has 15 heavy (non-hydrogen) atoms. The van der Waals surface area contributed by atoms with Gasteiger partial charge < -0.3 is 15.8 Å². The number of nitrogens with two attached hydrogens (primary N) is 1. The lowest BCUT2D eigenvalue weighted by Crippen LogP contribution is -2.16. The fraction of sp³-hybridized carbons (Fsp3) is 0.222. The first-order valence-electron chi connectivity index (χ1n) is 4.14. The van der Waals surface area contributed by atoms with Crippen LogP contribution in [-0.4, -0.2) is 24.6 Å². The zero-order valence-corrected chi connectivity index (χ0v) is 8.15. The first-order valence-corrected chi connectivity index (χ1v) is 4.14. The Balaban J connectivity index is 2.78. The van der Waals surface area contributed by atoms with Gasteiger partial charge in [-0.3, -0.25) is 4.79 Å². The van der Waals surface area contributed by atoms with E-state index in [1.807, 2.05) is 6.07 Å². The summed E-state index contributed by atoms with van der Waals surface area (Å²) in [6.45, 7) is -0.0391. The van der Waals surface area contributed by atoms with E-state index in [4.69, 9.17) is 11.0 Å². The molecule has 0 atom stereocenters. The Kier molecular flexibility index (Phi) is 3.46. The fourth-order valence-electron chi connectivity index (χ4n) is 0.940. The fourth-order valence-corrected chi connectivity index (χ4v) is 0.940. The lowest BCUT2D eigenvalue weighted by atomic mass is 10.2. The quantitative estimate of drug-likeness (QED) is 0.681. The lowest BCUT2D eigenvalue weighted by Gasteiger charge is -2.07. The van der Waals surface area contributed by atoms with E-state index in [-0.39, 0.29) is 12.2 Å². The molecular formula is C9H10N4O2. The number of ether oxygens (including phenoxy) is 1. The Morgan fingerprint density at radius 3 is 3.13 bits per heavy atom. The van der Waals surface area contributed by atoms with Gasteiger partial charge >= 0.3 is 5.97 Å². The molecule has 0 radical (unpaired) electrons. The van der Waals surface area contributed by atoms with Gasteiger partial charge in [0.15, 0.2) is 5.82 Å². The highest BCUT2D eigenvalue weighted by Gasteiger charge is 2.07. The largest absolute Gasteiger partial charge is 0.468 e. The van der Waals surface area contributed by atoms with E-state index >= 15 is 0 Å². The van der Waals surface area contributed by atoms with Crippen molar-refractivity contribution in [2.75, 3.05) is 24.7 Å². The molecule has 0 amide bonds. The summed E-state index contributed by atoms with van der Waals surface area (Å²) in [5, 5.41) is 11.4. The lowest BCUT2D eigenvalue weighted by molar-refractivity contribution is -0.138. The van der Waals surface area contributed by atoms with Crippen LogP contribution in [0.3, 0.4) is 0 Å². The summed E-state index contributed by atoms with van der Waals surface area (Å²) >= 11 is 0. The van der Waals surface area contributed by atoms with Crippen molar-refractivity contribution in [3.8, 4) is 6.07 Å². The number of anilines is 2. The van der Waals surface area contributed by atoms with Crippen LogP contribution >= 0.6 is 0 Å². The van der Waals surface area contributed by atoms with E-state index in [0.29, 0.717) is 11.4 Å². The van der Waals surface area contributed by atoms with Crippen LogP contribution in [0.25, 0.3) is 0 Å². The molecule has 6 heteroatoms. The highest BCUT2D eigenvalue weighted by molar-refractivity contribution is 5.77. The number of carbonyl (C=O) groups is 1.